The molecule has 3 heteroatoms. The quantitative estimate of drug-likeness (QED) is 0.811. The molecule has 26 heavy (non-hydrogen) atoms. The standard InChI is InChI=1S/C23H29NO2/c1-23(2,3)20-12-9-18(10-13-20)11-14-22(25)24-15-16-26-21(17-24)19-7-5-4-6-8-19/h4-10,12-13,21H,11,14-17H2,1-3H3/t21-/m0/s1. The van der Waals surface area contributed by atoms with E-state index in [0.717, 1.165) is 12.0 Å². The summed E-state index contributed by atoms with van der Waals surface area (Å²) in [6.07, 6.45) is 1.33. The first-order valence-corrected chi connectivity index (χ1v) is 9.47. The molecule has 138 valence electrons. The number of hydrogen-bond acceptors (Lipinski definition) is 2. The SMILES string of the molecule is CC(C)(C)c1ccc(CCC(=O)N2CCO[C@H](c3ccccc3)C2)cc1. The van der Waals surface area contributed by atoms with Crippen LogP contribution in [0, 0.1) is 0 Å². The zero-order valence-corrected chi connectivity index (χ0v) is 16.1. The summed E-state index contributed by atoms with van der Waals surface area (Å²) in [7, 11) is 0. The van der Waals surface area contributed by atoms with Crippen molar-refractivity contribution in [3.05, 3.63) is 71.3 Å². The van der Waals surface area contributed by atoms with Gasteiger partial charge in [0.2, 0.25) is 5.91 Å². The van der Waals surface area contributed by atoms with Gasteiger partial charge in [-0.25, -0.2) is 0 Å². The first-order chi connectivity index (χ1) is 12.4. The molecule has 2 aromatic rings. The minimum Gasteiger partial charge on any atom is -0.370 e. The Kier molecular flexibility index (Phi) is 5.77. The van der Waals surface area contributed by atoms with Crippen molar-refractivity contribution in [2.45, 2.75) is 45.1 Å². The van der Waals surface area contributed by atoms with Crippen LogP contribution < -0.4 is 0 Å². The van der Waals surface area contributed by atoms with Crippen molar-refractivity contribution in [2.75, 3.05) is 19.7 Å². The fourth-order valence-corrected chi connectivity index (χ4v) is 3.33. The Labute approximate surface area is 157 Å². The van der Waals surface area contributed by atoms with Gasteiger partial charge in [0.15, 0.2) is 0 Å². The third kappa shape index (κ3) is 4.73. The number of hydrogen-bond donors (Lipinski definition) is 0. The summed E-state index contributed by atoms with van der Waals surface area (Å²) in [5.41, 5.74) is 3.85. The summed E-state index contributed by atoms with van der Waals surface area (Å²) in [4.78, 5) is 14.6. The number of carbonyl (C=O) groups excluding carboxylic acids is 1. The third-order valence-corrected chi connectivity index (χ3v) is 5.04. The largest absolute Gasteiger partial charge is 0.370 e. The highest BCUT2D eigenvalue weighted by atomic mass is 16.5. The van der Waals surface area contributed by atoms with Crippen molar-refractivity contribution in [3.63, 3.8) is 0 Å². The van der Waals surface area contributed by atoms with Crippen molar-refractivity contribution >= 4 is 5.91 Å². The van der Waals surface area contributed by atoms with E-state index >= 15 is 0 Å². The maximum atomic E-state index is 12.6. The highest BCUT2D eigenvalue weighted by Gasteiger charge is 2.25. The fraction of sp³-hybridized carbons (Fsp3) is 0.435. The molecule has 1 atom stereocenters. The lowest BCUT2D eigenvalue weighted by Crippen LogP contribution is -2.42. The maximum Gasteiger partial charge on any atom is 0.223 e. The fourth-order valence-electron chi connectivity index (χ4n) is 3.33. The number of morpholine rings is 1. The van der Waals surface area contributed by atoms with Gasteiger partial charge >= 0.3 is 0 Å². The molecule has 0 spiro atoms. The Bertz CT molecular complexity index is 716. The maximum absolute atomic E-state index is 12.6. The molecule has 1 fully saturated rings. The van der Waals surface area contributed by atoms with E-state index in [1.165, 1.54) is 11.1 Å². The van der Waals surface area contributed by atoms with Gasteiger partial charge in [-0.2, -0.15) is 0 Å². The number of ether oxygens (including phenoxy) is 1. The van der Waals surface area contributed by atoms with Crippen LogP contribution in [0.5, 0.6) is 0 Å². The molecule has 3 rings (SSSR count). The molecular formula is C23H29NO2. The van der Waals surface area contributed by atoms with Crippen LogP contribution >= 0.6 is 0 Å². The molecular weight excluding hydrogens is 322 g/mol. The molecule has 0 bridgehead atoms. The summed E-state index contributed by atoms with van der Waals surface area (Å²) >= 11 is 0. The first kappa shape index (κ1) is 18.7. The highest BCUT2D eigenvalue weighted by molar-refractivity contribution is 5.76. The van der Waals surface area contributed by atoms with Crippen LogP contribution in [0.3, 0.4) is 0 Å². The molecule has 0 aromatic heterocycles. The molecule has 0 N–H and O–H groups in total. The number of benzene rings is 2. The van der Waals surface area contributed by atoms with E-state index in [1.54, 1.807) is 0 Å². The predicted octanol–water partition coefficient (Wildman–Crippen LogP) is 4.52. The van der Waals surface area contributed by atoms with Gasteiger partial charge in [0.1, 0.15) is 6.10 Å². The zero-order chi connectivity index (χ0) is 18.6. The van der Waals surface area contributed by atoms with Crippen LogP contribution in [0.2, 0.25) is 0 Å². The lowest BCUT2D eigenvalue weighted by atomic mass is 9.86. The van der Waals surface area contributed by atoms with Crippen molar-refractivity contribution < 1.29 is 9.53 Å². The van der Waals surface area contributed by atoms with E-state index < -0.39 is 0 Å². The van der Waals surface area contributed by atoms with E-state index in [2.05, 4.69) is 57.2 Å². The molecule has 2 aromatic carbocycles. The monoisotopic (exact) mass is 351 g/mol. The van der Waals surface area contributed by atoms with Gasteiger partial charge in [-0.3, -0.25) is 4.79 Å². The lowest BCUT2D eigenvalue weighted by Gasteiger charge is -2.33. The van der Waals surface area contributed by atoms with Gasteiger partial charge in [0, 0.05) is 13.0 Å². The average Bonchev–Trinajstić information content (AvgIpc) is 2.66. The van der Waals surface area contributed by atoms with E-state index in [4.69, 9.17) is 4.74 Å². The summed E-state index contributed by atoms with van der Waals surface area (Å²) in [6, 6.07) is 18.8. The number of amides is 1. The predicted molar refractivity (Wildman–Crippen MR) is 105 cm³/mol. The molecule has 0 aliphatic carbocycles. The molecule has 0 saturated carbocycles. The van der Waals surface area contributed by atoms with Crippen molar-refractivity contribution in [2.24, 2.45) is 0 Å². The minimum atomic E-state index is -0.0139. The second-order valence-electron chi connectivity index (χ2n) is 8.06. The van der Waals surface area contributed by atoms with E-state index in [9.17, 15) is 4.79 Å². The molecule has 1 saturated heterocycles. The zero-order valence-electron chi connectivity index (χ0n) is 16.1. The van der Waals surface area contributed by atoms with E-state index in [1.807, 2.05) is 23.1 Å². The van der Waals surface area contributed by atoms with Gasteiger partial charge in [0.05, 0.1) is 13.2 Å². The second kappa shape index (κ2) is 8.05. The Morgan fingerprint density at radius 1 is 1.08 bits per heavy atom. The van der Waals surface area contributed by atoms with E-state index in [0.29, 0.717) is 26.1 Å². The van der Waals surface area contributed by atoms with Gasteiger partial charge in [-0.1, -0.05) is 75.4 Å². The van der Waals surface area contributed by atoms with Crippen molar-refractivity contribution in [3.8, 4) is 0 Å². The van der Waals surface area contributed by atoms with Crippen LogP contribution in [0.15, 0.2) is 54.6 Å². The highest BCUT2D eigenvalue weighted by Crippen LogP contribution is 2.24. The number of carbonyl (C=O) groups is 1. The Morgan fingerprint density at radius 2 is 1.77 bits per heavy atom. The molecule has 1 aliphatic rings. The van der Waals surface area contributed by atoms with Crippen molar-refractivity contribution in [1.29, 1.82) is 0 Å². The van der Waals surface area contributed by atoms with Gasteiger partial charge in [-0.05, 0) is 28.5 Å². The van der Waals surface area contributed by atoms with Crippen LogP contribution in [-0.4, -0.2) is 30.5 Å². The molecule has 0 unspecified atom stereocenters. The summed E-state index contributed by atoms with van der Waals surface area (Å²) in [6.45, 7) is 8.58. The van der Waals surface area contributed by atoms with Gasteiger partial charge in [0.25, 0.3) is 0 Å². The van der Waals surface area contributed by atoms with Gasteiger partial charge in [-0.15, -0.1) is 0 Å². The smallest absolute Gasteiger partial charge is 0.223 e. The molecule has 1 amide bonds. The third-order valence-electron chi connectivity index (χ3n) is 5.04. The van der Waals surface area contributed by atoms with Crippen LogP contribution in [-0.2, 0) is 21.4 Å². The first-order valence-electron chi connectivity index (χ1n) is 9.47. The molecule has 3 nitrogen and oxygen atoms in total. The Morgan fingerprint density at radius 3 is 2.42 bits per heavy atom. The number of rotatable bonds is 4. The summed E-state index contributed by atoms with van der Waals surface area (Å²) < 4.78 is 5.86. The van der Waals surface area contributed by atoms with Crippen LogP contribution in [0.1, 0.15) is 50.0 Å². The lowest BCUT2D eigenvalue weighted by molar-refractivity contribution is -0.139. The molecule has 1 heterocycles. The Balaban J connectivity index is 1.54. The summed E-state index contributed by atoms with van der Waals surface area (Å²) in [5, 5.41) is 0. The molecule has 0 radical (unpaired) electrons. The number of nitrogens with zero attached hydrogens (tertiary/aromatic N) is 1. The molecule has 1 aliphatic heterocycles. The van der Waals surface area contributed by atoms with E-state index in [-0.39, 0.29) is 17.4 Å². The Hall–Kier alpha value is -2.13. The van der Waals surface area contributed by atoms with Crippen LogP contribution in [0.25, 0.3) is 0 Å². The number of aryl methyl sites for hydroxylation is 1. The van der Waals surface area contributed by atoms with Crippen LogP contribution in [0.4, 0.5) is 0 Å². The second-order valence-corrected chi connectivity index (χ2v) is 8.06. The minimum absolute atomic E-state index is 0.0139. The average molecular weight is 351 g/mol. The van der Waals surface area contributed by atoms with Gasteiger partial charge < -0.3 is 9.64 Å². The normalized spacial score (nSPS) is 18.0. The topological polar surface area (TPSA) is 29.5 Å². The van der Waals surface area contributed by atoms with Crippen molar-refractivity contribution in [1.82, 2.24) is 4.90 Å². The summed E-state index contributed by atoms with van der Waals surface area (Å²) in [5.74, 6) is 0.217.